The minimum atomic E-state index is -0.980. The van der Waals surface area contributed by atoms with E-state index in [1.807, 2.05) is 0 Å². The summed E-state index contributed by atoms with van der Waals surface area (Å²) in [6, 6.07) is 12.5. The normalized spacial score (nSPS) is 17.4. The zero-order valence-corrected chi connectivity index (χ0v) is 17.9. The first-order valence-electron chi connectivity index (χ1n) is 10.1. The number of carbonyl (C=O) groups excluding carboxylic acids is 3. The van der Waals surface area contributed by atoms with Gasteiger partial charge in [0, 0.05) is 5.56 Å². The molecule has 1 aromatic heterocycles. The van der Waals surface area contributed by atoms with Crippen molar-refractivity contribution < 1.29 is 33.0 Å². The van der Waals surface area contributed by atoms with Gasteiger partial charge in [-0.1, -0.05) is 24.3 Å². The highest BCUT2D eigenvalue weighted by molar-refractivity contribution is 6.46. The fourth-order valence-electron chi connectivity index (χ4n) is 3.78. The number of benzene rings is 2. The molecule has 0 unspecified atom stereocenters. The van der Waals surface area contributed by atoms with Crippen LogP contribution in [0.25, 0.3) is 5.76 Å². The van der Waals surface area contributed by atoms with Crippen molar-refractivity contribution in [3.63, 3.8) is 0 Å². The number of nitrogens with zero attached hydrogens (tertiary/aromatic N) is 1. The molecule has 2 heterocycles. The van der Waals surface area contributed by atoms with Crippen LogP contribution in [0.4, 0.5) is 4.39 Å². The lowest BCUT2D eigenvalue weighted by Crippen LogP contribution is -2.29. The first kappa shape index (κ1) is 22.0. The van der Waals surface area contributed by atoms with Crippen LogP contribution in [0.15, 0.2) is 70.9 Å². The number of ketones is 1. The highest BCUT2D eigenvalue weighted by Crippen LogP contribution is 2.40. The fraction of sp³-hybridized carbons (Fsp3) is 0.160. The number of aliphatic hydroxyl groups excluding tert-OH is 1. The number of amides is 1. The molecule has 0 spiro atoms. The van der Waals surface area contributed by atoms with Gasteiger partial charge in [0.25, 0.3) is 11.7 Å². The average Bonchev–Trinajstić information content (AvgIpc) is 3.42. The Kier molecular flexibility index (Phi) is 5.83. The molecule has 0 bridgehead atoms. The van der Waals surface area contributed by atoms with Crippen molar-refractivity contribution in [2.24, 2.45) is 0 Å². The van der Waals surface area contributed by atoms with Gasteiger partial charge in [0.1, 0.15) is 17.3 Å². The SMILES string of the molecule is COC(=O)c1ccc([C@H]2C(=C(O)c3ccc(C)c(F)c3)C(=O)C(=O)N2Cc2ccco2)cc1. The molecule has 4 rings (SSSR count). The van der Waals surface area contributed by atoms with Crippen LogP contribution in [-0.4, -0.2) is 34.8 Å². The number of hydrogen-bond donors (Lipinski definition) is 1. The number of carbonyl (C=O) groups is 3. The van der Waals surface area contributed by atoms with Gasteiger partial charge in [-0.3, -0.25) is 9.59 Å². The minimum absolute atomic E-state index is 0.0277. The molecule has 1 saturated heterocycles. The summed E-state index contributed by atoms with van der Waals surface area (Å²) in [6.45, 7) is 1.55. The number of aliphatic hydroxyl groups is 1. The number of Topliss-reactive ketones (excluding diaryl/α,β-unsaturated/α-hetero) is 1. The van der Waals surface area contributed by atoms with Crippen molar-refractivity contribution in [2.75, 3.05) is 7.11 Å². The zero-order valence-electron chi connectivity index (χ0n) is 17.9. The lowest BCUT2D eigenvalue weighted by molar-refractivity contribution is -0.140. The van der Waals surface area contributed by atoms with Crippen LogP contribution < -0.4 is 0 Å². The van der Waals surface area contributed by atoms with E-state index in [1.165, 1.54) is 42.5 Å². The Labute approximate surface area is 188 Å². The van der Waals surface area contributed by atoms with Gasteiger partial charge in [0.2, 0.25) is 0 Å². The molecular formula is C25H20FNO6. The summed E-state index contributed by atoms with van der Waals surface area (Å²) in [6.07, 6.45) is 1.45. The van der Waals surface area contributed by atoms with Crippen LogP contribution in [0.3, 0.4) is 0 Å². The average molecular weight is 449 g/mol. The molecule has 1 aliphatic rings. The third kappa shape index (κ3) is 4.03. The zero-order chi connectivity index (χ0) is 23.7. The van der Waals surface area contributed by atoms with Gasteiger partial charge >= 0.3 is 5.97 Å². The van der Waals surface area contributed by atoms with E-state index in [-0.39, 0.29) is 23.2 Å². The van der Waals surface area contributed by atoms with E-state index >= 15 is 0 Å². The molecule has 8 heteroatoms. The van der Waals surface area contributed by atoms with Crippen LogP contribution in [0, 0.1) is 12.7 Å². The summed E-state index contributed by atoms with van der Waals surface area (Å²) in [4.78, 5) is 39.0. The maximum absolute atomic E-state index is 14.2. The minimum Gasteiger partial charge on any atom is -0.507 e. The lowest BCUT2D eigenvalue weighted by atomic mass is 9.94. The summed E-state index contributed by atoms with van der Waals surface area (Å²) in [7, 11) is 1.26. The van der Waals surface area contributed by atoms with E-state index in [2.05, 4.69) is 0 Å². The molecule has 7 nitrogen and oxygen atoms in total. The molecule has 0 saturated carbocycles. The van der Waals surface area contributed by atoms with Gasteiger partial charge in [-0.2, -0.15) is 0 Å². The Bertz CT molecular complexity index is 1260. The van der Waals surface area contributed by atoms with E-state index in [0.29, 0.717) is 16.9 Å². The molecule has 2 aromatic carbocycles. The Balaban J connectivity index is 1.85. The first-order valence-corrected chi connectivity index (χ1v) is 10.1. The smallest absolute Gasteiger partial charge is 0.337 e. The van der Waals surface area contributed by atoms with Gasteiger partial charge < -0.3 is 19.2 Å². The molecule has 0 aliphatic carbocycles. The van der Waals surface area contributed by atoms with Crippen LogP contribution in [0.1, 0.15) is 38.9 Å². The summed E-state index contributed by atoms with van der Waals surface area (Å²) in [5.41, 5.74) is 1.03. The number of rotatable bonds is 5. The lowest BCUT2D eigenvalue weighted by Gasteiger charge is -2.24. The highest BCUT2D eigenvalue weighted by atomic mass is 19.1. The monoisotopic (exact) mass is 449 g/mol. The molecule has 1 aliphatic heterocycles. The van der Waals surface area contributed by atoms with E-state index in [1.54, 1.807) is 31.2 Å². The number of methoxy groups -OCH3 is 1. The van der Waals surface area contributed by atoms with Gasteiger partial charge in [-0.05, 0) is 48.4 Å². The second-order valence-corrected chi connectivity index (χ2v) is 7.58. The number of halogens is 1. The topological polar surface area (TPSA) is 97.0 Å². The third-order valence-corrected chi connectivity index (χ3v) is 5.54. The first-order chi connectivity index (χ1) is 15.8. The Morgan fingerprint density at radius 1 is 1.12 bits per heavy atom. The van der Waals surface area contributed by atoms with E-state index in [0.717, 1.165) is 6.07 Å². The molecule has 1 atom stereocenters. The van der Waals surface area contributed by atoms with Crippen molar-refractivity contribution >= 4 is 23.4 Å². The summed E-state index contributed by atoms with van der Waals surface area (Å²) < 4.78 is 24.2. The molecule has 1 amide bonds. The second-order valence-electron chi connectivity index (χ2n) is 7.58. The Morgan fingerprint density at radius 3 is 2.42 bits per heavy atom. The van der Waals surface area contributed by atoms with Gasteiger partial charge in [0.05, 0.1) is 37.1 Å². The maximum atomic E-state index is 14.2. The number of esters is 1. The third-order valence-electron chi connectivity index (χ3n) is 5.54. The highest BCUT2D eigenvalue weighted by Gasteiger charge is 2.46. The van der Waals surface area contributed by atoms with Crippen molar-refractivity contribution in [1.82, 2.24) is 4.90 Å². The van der Waals surface area contributed by atoms with Crippen LogP contribution in [-0.2, 0) is 20.9 Å². The number of aryl methyl sites for hydroxylation is 1. The maximum Gasteiger partial charge on any atom is 0.337 e. The largest absolute Gasteiger partial charge is 0.507 e. The molecule has 1 fully saturated rings. The summed E-state index contributed by atoms with van der Waals surface area (Å²) in [5.74, 6) is -2.88. The van der Waals surface area contributed by atoms with Crippen LogP contribution in [0.5, 0.6) is 0 Å². The quantitative estimate of drug-likeness (QED) is 0.272. The predicted molar refractivity (Wildman–Crippen MR) is 115 cm³/mol. The van der Waals surface area contributed by atoms with Gasteiger partial charge in [-0.15, -0.1) is 0 Å². The molecule has 168 valence electrons. The van der Waals surface area contributed by atoms with Crippen LogP contribution >= 0.6 is 0 Å². The molecule has 33 heavy (non-hydrogen) atoms. The van der Waals surface area contributed by atoms with E-state index in [4.69, 9.17) is 9.15 Å². The fourth-order valence-corrected chi connectivity index (χ4v) is 3.78. The number of furan rings is 1. The van der Waals surface area contributed by atoms with Crippen molar-refractivity contribution in [3.8, 4) is 0 Å². The Hall–Kier alpha value is -4.20. The van der Waals surface area contributed by atoms with Gasteiger partial charge in [0.15, 0.2) is 0 Å². The number of likely N-dealkylation sites (tertiary alicyclic amines) is 1. The summed E-state index contributed by atoms with van der Waals surface area (Å²) in [5, 5.41) is 11.0. The number of ether oxygens (including phenoxy) is 1. The Morgan fingerprint density at radius 2 is 1.82 bits per heavy atom. The summed E-state index contributed by atoms with van der Waals surface area (Å²) >= 11 is 0. The second kappa shape index (κ2) is 8.74. The molecular weight excluding hydrogens is 429 g/mol. The molecule has 0 radical (unpaired) electrons. The standard InChI is InChI=1S/C25H20FNO6/c1-14-5-6-17(12-19(14)26)22(28)20-21(15-7-9-16(10-8-15)25(31)32-2)27(24(30)23(20)29)13-18-4-3-11-33-18/h3-12,21,28H,13H2,1-2H3/t21-/m0/s1. The van der Waals surface area contributed by atoms with Crippen LogP contribution in [0.2, 0.25) is 0 Å². The van der Waals surface area contributed by atoms with Crippen molar-refractivity contribution in [3.05, 3.63) is 100 Å². The van der Waals surface area contributed by atoms with E-state index < -0.39 is 35.3 Å². The van der Waals surface area contributed by atoms with Gasteiger partial charge in [-0.25, -0.2) is 9.18 Å². The number of hydrogen-bond acceptors (Lipinski definition) is 6. The van der Waals surface area contributed by atoms with Crippen molar-refractivity contribution in [1.29, 1.82) is 0 Å². The van der Waals surface area contributed by atoms with Crippen molar-refractivity contribution in [2.45, 2.75) is 19.5 Å². The molecule has 3 aromatic rings. The molecule has 1 N–H and O–H groups in total. The predicted octanol–water partition coefficient (Wildman–Crippen LogP) is 4.14. The van der Waals surface area contributed by atoms with E-state index in [9.17, 15) is 23.9 Å².